The Morgan fingerprint density at radius 2 is 1.81 bits per heavy atom. The number of benzene rings is 1. The van der Waals surface area contributed by atoms with Crippen LogP contribution in [0.3, 0.4) is 0 Å². The monoisotopic (exact) mass is 596 g/mol. The van der Waals surface area contributed by atoms with Gasteiger partial charge in [0.25, 0.3) is 5.91 Å². The number of carbonyl (C=O) groups is 1. The van der Waals surface area contributed by atoms with Crippen molar-refractivity contribution in [1.29, 1.82) is 5.26 Å². The van der Waals surface area contributed by atoms with Gasteiger partial charge in [0.05, 0.1) is 40.5 Å². The van der Waals surface area contributed by atoms with Crippen molar-refractivity contribution in [3.8, 4) is 6.07 Å². The van der Waals surface area contributed by atoms with Gasteiger partial charge in [-0.3, -0.25) is 9.69 Å². The van der Waals surface area contributed by atoms with Gasteiger partial charge in [0.15, 0.2) is 0 Å². The van der Waals surface area contributed by atoms with Crippen LogP contribution in [-0.4, -0.2) is 78.8 Å². The van der Waals surface area contributed by atoms with Gasteiger partial charge in [-0.2, -0.15) is 18.4 Å². The van der Waals surface area contributed by atoms with Crippen LogP contribution < -0.4 is 20.4 Å². The van der Waals surface area contributed by atoms with Crippen molar-refractivity contribution >= 4 is 28.8 Å². The second-order valence-electron chi connectivity index (χ2n) is 11.0. The topological polar surface area (TPSA) is 100 Å². The van der Waals surface area contributed by atoms with Gasteiger partial charge in [-0.15, -0.1) is 0 Å². The minimum atomic E-state index is -4.71. The Kier molecular flexibility index (Phi) is 8.41. The number of alkyl halides is 3. The lowest BCUT2D eigenvalue weighted by Crippen LogP contribution is -2.55. The lowest BCUT2D eigenvalue weighted by Gasteiger charge is -2.44. The molecule has 9 nitrogen and oxygen atoms in total. The molecule has 0 spiro atoms. The number of rotatable bonds is 5. The predicted molar refractivity (Wildman–Crippen MR) is 156 cm³/mol. The largest absolute Gasteiger partial charge is 0.416 e. The number of halogens is 4. The smallest absolute Gasteiger partial charge is 0.387 e. The number of nitriles is 1. The van der Waals surface area contributed by atoms with E-state index in [0.29, 0.717) is 48.8 Å². The second kappa shape index (κ2) is 12.0. The molecule has 1 saturated heterocycles. The molecule has 13 heteroatoms. The molecular weight excluding hydrogens is 564 g/mol. The minimum absolute atomic E-state index is 0.0533. The summed E-state index contributed by atoms with van der Waals surface area (Å²) in [6.45, 7) is 5.92. The Labute approximate surface area is 247 Å². The van der Waals surface area contributed by atoms with Crippen molar-refractivity contribution in [1.82, 2.24) is 20.2 Å². The van der Waals surface area contributed by atoms with Crippen LogP contribution >= 0.6 is 0 Å². The maximum Gasteiger partial charge on any atom is 0.416 e. The third kappa shape index (κ3) is 6.34. The number of hydrogen-bond acceptors (Lipinski definition) is 8. The van der Waals surface area contributed by atoms with E-state index in [1.165, 1.54) is 24.5 Å². The van der Waals surface area contributed by atoms with Crippen LogP contribution in [0.15, 0.2) is 54.0 Å². The van der Waals surface area contributed by atoms with Crippen LogP contribution in [0.2, 0.25) is 0 Å². The molecule has 2 N–H and O–H groups in total. The van der Waals surface area contributed by atoms with Crippen molar-refractivity contribution in [2.45, 2.75) is 38.5 Å². The Morgan fingerprint density at radius 3 is 2.47 bits per heavy atom. The number of nitrogens with zero attached hydrogens (tertiary/aromatic N) is 6. The molecule has 5 rings (SSSR count). The molecule has 2 atom stereocenters. The summed E-state index contributed by atoms with van der Waals surface area (Å²) >= 11 is 0. The van der Waals surface area contributed by atoms with Crippen molar-refractivity contribution in [3.05, 3.63) is 71.0 Å². The Hall–Kier alpha value is -4.44. The average Bonchev–Trinajstić information content (AvgIpc) is 3.00. The van der Waals surface area contributed by atoms with Gasteiger partial charge >= 0.3 is 6.18 Å². The molecule has 0 unspecified atom stereocenters. The lowest BCUT2D eigenvalue weighted by molar-refractivity contribution is -0.115. The van der Waals surface area contributed by atoms with Crippen LogP contribution in [0.1, 0.15) is 31.4 Å². The fourth-order valence-corrected chi connectivity index (χ4v) is 5.58. The third-order valence-electron chi connectivity index (χ3n) is 8.09. The molecule has 1 fully saturated rings. The molecule has 1 aromatic heterocycles. The van der Waals surface area contributed by atoms with Gasteiger partial charge < -0.3 is 20.4 Å². The maximum absolute atomic E-state index is 15.9. The van der Waals surface area contributed by atoms with E-state index in [1.807, 2.05) is 42.8 Å². The quantitative estimate of drug-likeness (QED) is 0.495. The molecule has 3 aliphatic rings. The molecular formula is C30H32F4N8O. The first-order valence-corrected chi connectivity index (χ1v) is 14.0. The highest BCUT2D eigenvalue weighted by Crippen LogP contribution is 2.37. The summed E-state index contributed by atoms with van der Waals surface area (Å²) in [6, 6.07) is 5.05. The summed E-state index contributed by atoms with van der Waals surface area (Å²) in [5.74, 6) is -1.08. The third-order valence-corrected chi connectivity index (χ3v) is 8.09. The number of dihydropyridines is 1. The molecule has 2 aromatic rings. The number of hydrogen-bond donors (Lipinski definition) is 2. The van der Waals surface area contributed by atoms with Crippen molar-refractivity contribution < 1.29 is 22.4 Å². The average molecular weight is 597 g/mol. The summed E-state index contributed by atoms with van der Waals surface area (Å²) in [7, 11) is 2.01. The van der Waals surface area contributed by atoms with Gasteiger partial charge in [-0.05, 0) is 45.0 Å². The predicted octanol–water partition coefficient (Wildman–Crippen LogP) is 4.22. The van der Waals surface area contributed by atoms with Gasteiger partial charge in [-0.1, -0.05) is 12.2 Å². The van der Waals surface area contributed by atoms with E-state index < -0.39 is 29.0 Å². The van der Waals surface area contributed by atoms with E-state index in [2.05, 4.69) is 25.5 Å². The molecule has 1 aromatic carbocycles. The highest BCUT2D eigenvalue weighted by molar-refractivity contribution is 6.09. The summed E-state index contributed by atoms with van der Waals surface area (Å²) in [4.78, 5) is 27.9. The Bertz CT molecular complexity index is 1510. The van der Waals surface area contributed by atoms with E-state index in [-0.39, 0.29) is 36.4 Å². The Balaban J connectivity index is 1.51. The molecule has 0 radical (unpaired) electrons. The van der Waals surface area contributed by atoms with Crippen LogP contribution in [0.5, 0.6) is 0 Å². The number of likely N-dealkylation sites (N-methyl/N-ethyl adjacent to an activating group) is 1. The molecule has 0 saturated carbocycles. The highest BCUT2D eigenvalue weighted by Gasteiger charge is 2.39. The molecule has 43 heavy (non-hydrogen) atoms. The molecule has 3 aliphatic heterocycles. The van der Waals surface area contributed by atoms with Gasteiger partial charge in [0.1, 0.15) is 11.9 Å². The first-order chi connectivity index (χ1) is 20.5. The number of amides is 1. The minimum Gasteiger partial charge on any atom is -0.387 e. The van der Waals surface area contributed by atoms with Gasteiger partial charge in [0, 0.05) is 56.6 Å². The number of carbonyl (C=O) groups excluding carboxylic acids is 1. The highest BCUT2D eigenvalue weighted by atomic mass is 19.4. The zero-order valence-corrected chi connectivity index (χ0v) is 24.0. The second-order valence-corrected chi connectivity index (χ2v) is 11.0. The Morgan fingerprint density at radius 1 is 1.12 bits per heavy atom. The fourth-order valence-electron chi connectivity index (χ4n) is 5.58. The van der Waals surface area contributed by atoms with Gasteiger partial charge in [0.2, 0.25) is 5.95 Å². The summed E-state index contributed by atoms with van der Waals surface area (Å²) in [5, 5.41) is 14.4. The number of piperazine rings is 1. The number of aromatic nitrogens is 2. The molecule has 0 aliphatic carbocycles. The number of nitrogens with one attached hydrogen (secondary N) is 2. The zero-order valence-electron chi connectivity index (χ0n) is 24.0. The maximum atomic E-state index is 15.9. The number of anilines is 3. The van der Waals surface area contributed by atoms with E-state index in [4.69, 9.17) is 5.26 Å². The summed E-state index contributed by atoms with van der Waals surface area (Å²) in [6.07, 6.45) is 2.56. The van der Waals surface area contributed by atoms with Crippen LogP contribution in [0.25, 0.3) is 5.57 Å². The van der Waals surface area contributed by atoms with E-state index >= 15 is 4.39 Å². The van der Waals surface area contributed by atoms with Crippen LogP contribution in [-0.2, 0) is 4.79 Å². The summed E-state index contributed by atoms with van der Waals surface area (Å²) in [5.41, 5.74) is 0.193. The van der Waals surface area contributed by atoms with E-state index in [0.717, 1.165) is 12.3 Å². The van der Waals surface area contributed by atoms with Crippen molar-refractivity contribution in [3.63, 3.8) is 0 Å². The zero-order chi connectivity index (χ0) is 30.9. The summed E-state index contributed by atoms with van der Waals surface area (Å²) < 4.78 is 57.2. The van der Waals surface area contributed by atoms with Crippen molar-refractivity contribution in [2.75, 3.05) is 54.9 Å². The van der Waals surface area contributed by atoms with Crippen LogP contribution in [0.4, 0.5) is 34.9 Å². The lowest BCUT2D eigenvalue weighted by atomic mass is 9.98. The molecule has 1 amide bonds. The SMILES string of the molecule is C[C@@H]1CN(c2cc(F)c(C3=CCCN(c4ncc(C#N)cn4)C3)cc2NC(=O)C2=CNCC=C2C(F)(F)F)C[C@H](C)N1C. The molecule has 226 valence electrons. The van der Waals surface area contributed by atoms with Crippen LogP contribution in [0, 0.1) is 17.1 Å². The van der Waals surface area contributed by atoms with E-state index in [9.17, 15) is 18.0 Å². The molecule has 0 bridgehead atoms. The van der Waals surface area contributed by atoms with Crippen molar-refractivity contribution in [2.24, 2.45) is 0 Å². The fraction of sp³-hybridized carbons (Fsp3) is 0.400. The molecule has 4 heterocycles. The first kappa shape index (κ1) is 30.0. The first-order valence-electron chi connectivity index (χ1n) is 14.0. The normalized spacial score (nSPS) is 21.3. The van der Waals surface area contributed by atoms with E-state index in [1.54, 1.807) is 0 Å². The standard InChI is InChI=1S/C30H32F4N8O/c1-18-15-42(16-19(2)40(18)3)27-10-25(31)22(21-5-4-8-41(17-21)29-37-12-20(11-35)13-38-29)9-26(27)39-28(43)23-14-36-7-6-24(23)30(32,33)34/h5-6,9-10,12-14,18-19,36H,4,7-8,15-17H2,1-3H3,(H,39,43)/t18-,19+. The van der Waals surface area contributed by atoms with Gasteiger partial charge in [-0.25, -0.2) is 14.4 Å².